The lowest BCUT2D eigenvalue weighted by Crippen LogP contribution is -2.27. The fourth-order valence-corrected chi connectivity index (χ4v) is 2.86. The van der Waals surface area contributed by atoms with E-state index in [-0.39, 0.29) is 11.7 Å². The second-order valence-electron chi connectivity index (χ2n) is 6.67. The summed E-state index contributed by atoms with van der Waals surface area (Å²) < 4.78 is 19.3. The predicted molar refractivity (Wildman–Crippen MR) is 113 cm³/mol. The van der Waals surface area contributed by atoms with Gasteiger partial charge in [-0.1, -0.05) is 48.5 Å². The van der Waals surface area contributed by atoms with Crippen LogP contribution in [0.3, 0.4) is 0 Å². The molecule has 0 heterocycles. The van der Waals surface area contributed by atoms with Gasteiger partial charge < -0.3 is 15.4 Å². The lowest BCUT2D eigenvalue weighted by molar-refractivity contribution is -0.120. The third kappa shape index (κ3) is 6.96. The van der Waals surface area contributed by atoms with Crippen LogP contribution in [-0.4, -0.2) is 19.0 Å². The zero-order chi connectivity index (χ0) is 20.3. The van der Waals surface area contributed by atoms with Crippen LogP contribution >= 0.6 is 0 Å². The Morgan fingerprint density at radius 1 is 0.862 bits per heavy atom. The molecule has 0 spiro atoms. The van der Waals surface area contributed by atoms with Gasteiger partial charge >= 0.3 is 0 Å². The van der Waals surface area contributed by atoms with Crippen molar-refractivity contribution in [3.05, 3.63) is 95.8 Å². The highest BCUT2D eigenvalue weighted by Crippen LogP contribution is 2.17. The van der Waals surface area contributed by atoms with Crippen molar-refractivity contribution >= 4 is 11.6 Å². The third-order valence-electron chi connectivity index (χ3n) is 4.46. The molecule has 4 nitrogen and oxygen atoms in total. The molecule has 0 aromatic heterocycles. The standard InChI is InChI=1S/C24H25FN2O2/c25-23-9-5-4-8-20(23)14-16-27-24(28)15-17-26-21-10-12-22(13-11-21)29-18-19-6-2-1-3-7-19/h1-13,26H,14-18H2,(H,27,28). The number of carbonyl (C=O) groups excluding carboxylic acids is 1. The van der Waals surface area contributed by atoms with E-state index in [0.29, 0.717) is 38.1 Å². The van der Waals surface area contributed by atoms with Crippen LogP contribution in [0.5, 0.6) is 5.75 Å². The highest BCUT2D eigenvalue weighted by atomic mass is 19.1. The first-order chi connectivity index (χ1) is 14.2. The number of amides is 1. The van der Waals surface area contributed by atoms with Gasteiger partial charge in [-0.2, -0.15) is 0 Å². The van der Waals surface area contributed by atoms with Gasteiger partial charge in [-0.25, -0.2) is 4.39 Å². The van der Waals surface area contributed by atoms with Gasteiger partial charge in [0.15, 0.2) is 0 Å². The largest absolute Gasteiger partial charge is 0.489 e. The van der Waals surface area contributed by atoms with Gasteiger partial charge in [0.05, 0.1) is 0 Å². The minimum atomic E-state index is -0.236. The van der Waals surface area contributed by atoms with E-state index in [0.717, 1.165) is 17.0 Å². The van der Waals surface area contributed by atoms with Crippen molar-refractivity contribution in [1.29, 1.82) is 0 Å². The molecule has 0 saturated carbocycles. The first-order valence-corrected chi connectivity index (χ1v) is 9.71. The molecule has 0 radical (unpaired) electrons. The number of anilines is 1. The van der Waals surface area contributed by atoms with Crippen LogP contribution in [0, 0.1) is 5.82 Å². The summed E-state index contributed by atoms with van der Waals surface area (Å²) in [6.07, 6.45) is 0.833. The highest BCUT2D eigenvalue weighted by molar-refractivity contribution is 5.76. The van der Waals surface area contributed by atoms with E-state index in [1.165, 1.54) is 6.07 Å². The second-order valence-corrected chi connectivity index (χ2v) is 6.67. The van der Waals surface area contributed by atoms with E-state index in [2.05, 4.69) is 10.6 Å². The number of nitrogens with one attached hydrogen (secondary N) is 2. The fourth-order valence-electron chi connectivity index (χ4n) is 2.86. The molecule has 2 N–H and O–H groups in total. The molecule has 0 atom stereocenters. The van der Waals surface area contributed by atoms with Crippen LogP contribution in [0.15, 0.2) is 78.9 Å². The molecule has 3 rings (SSSR count). The molecule has 3 aromatic carbocycles. The van der Waals surface area contributed by atoms with Crippen LogP contribution in [0.2, 0.25) is 0 Å². The molecule has 3 aromatic rings. The van der Waals surface area contributed by atoms with Crippen molar-refractivity contribution in [2.24, 2.45) is 0 Å². The zero-order valence-corrected chi connectivity index (χ0v) is 16.2. The van der Waals surface area contributed by atoms with Crippen LogP contribution in [0.1, 0.15) is 17.5 Å². The molecule has 0 aliphatic rings. The highest BCUT2D eigenvalue weighted by Gasteiger charge is 2.04. The maximum absolute atomic E-state index is 13.5. The van der Waals surface area contributed by atoms with Crippen molar-refractivity contribution in [2.45, 2.75) is 19.4 Å². The number of carbonyl (C=O) groups is 1. The maximum Gasteiger partial charge on any atom is 0.221 e. The number of hydrogen-bond acceptors (Lipinski definition) is 3. The molecule has 0 fully saturated rings. The van der Waals surface area contributed by atoms with Crippen molar-refractivity contribution in [3.63, 3.8) is 0 Å². The Labute approximate surface area is 170 Å². The topological polar surface area (TPSA) is 50.4 Å². The quantitative estimate of drug-likeness (QED) is 0.532. The monoisotopic (exact) mass is 392 g/mol. The molecule has 0 saturated heterocycles. The maximum atomic E-state index is 13.5. The Morgan fingerprint density at radius 3 is 2.34 bits per heavy atom. The van der Waals surface area contributed by atoms with E-state index < -0.39 is 0 Å². The van der Waals surface area contributed by atoms with Crippen molar-refractivity contribution in [3.8, 4) is 5.75 Å². The molecule has 1 amide bonds. The van der Waals surface area contributed by atoms with Gasteiger partial charge in [-0.3, -0.25) is 4.79 Å². The number of hydrogen-bond donors (Lipinski definition) is 2. The van der Waals surface area contributed by atoms with Crippen LogP contribution in [0.25, 0.3) is 0 Å². The Bertz CT molecular complexity index is 898. The molecule has 0 bridgehead atoms. The molecular formula is C24H25FN2O2. The van der Waals surface area contributed by atoms with Crippen molar-refractivity contribution < 1.29 is 13.9 Å². The SMILES string of the molecule is O=C(CCNc1ccc(OCc2ccccc2)cc1)NCCc1ccccc1F. The van der Waals surface area contributed by atoms with Crippen LogP contribution < -0.4 is 15.4 Å². The van der Waals surface area contributed by atoms with Gasteiger partial charge in [0.2, 0.25) is 5.91 Å². The Hall–Kier alpha value is -3.34. The molecule has 0 unspecified atom stereocenters. The summed E-state index contributed by atoms with van der Waals surface area (Å²) in [6.45, 7) is 1.48. The number of halogens is 1. The van der Waals surface area contributed by atoms with Crippen LogP contribution in [0.4, 0.5) is 10.1 Å². The van der Waals surface area contributed by atoms with E-state index in [4.69, 9.17) is 4.74 Å². The van der Waals surface area contributed by atoms with E-state index >= 15 is 0 Å². The summed E-state index contributed by atoms with van der Waals surface area (Å²) in [5.41, 5.74) is 2.66. The van der Waals surface area contributed by atoms with Crippen molar-refractivity contribution in [1.82, 2.24) is 5.32 Å². The normalized spacial score (nSPS) is 10.4. The molecular weight excluding hydrogens is 367 g/mol. The lowest BCUT2D eigenvalue weighted by atomic mass is 10.1. The Balaban J connectivity index is 1.32. The van der Waals surface area contributed by atoms with E-state index in [1.807, 2.05) is 54.6 Å². The van der Waals surface area contributed by atoms with Gasteiger partial charge in [0.25, 0.3) is 0 Å². The Kier molecular flexibility index (Phi) is 7.63. The summed E-state index contributed by atoms with van der Waals surface area (Å²) >= 11 is 0. The molecule has 0 aliphatic carbocycles. The summed E-state index contributed by atoms with van der Waals surface area (Å²) in [7, 11) is 0. The summed E-state index contributed by atoms with van der Waals surface area (Å²) in [6, 6.07) is 24.3. The molecule has 29 heavy (non-hydrogen) atoms. The van der Waals surface area contributed by atoms with E-state index in [9.17, 15) is 9.18 Å². The zero-order valence-electron chi connectivity index (χ0n) is 16.2. The van der Waals surface area contributed by atoms with Gasteiger partial charge in [-0.05, 0) is 47.9 Å². The van der Waals surface area contributed by atoms with Crippen molar-refractivity contribution in [2.75, 3.05) is 18.4 Å². The van der Waals surface area contributed by atoms with Gasteiger partial charge in [0.1, 0.15) is 18.2 Å². The van der Waals surface area contributed by atoms with Gasteiger partial charge in [0, 0.05) is 25.2 Å². The van der Waals surface area contributed by atoms with Crippen LogP contribution in [-0.2, 0) is 17.8 Å². The second kappa shape index (κ2) is 10.9. The molecule has 5 heteroatoms. The summed E-state index contributed by atoms with van der Waals surface area (Å²) in [5, 5.41) is 6.04. The predicted octanol–water partition coefficient (Wildman–Crippen LogP) is 4.57. The number of rotatable bonds is 10. The Morgan fingerprint density at radius 2 is 1.59 bits per heavy atom. The smallest absolute Gasteiger partial charge is 0.221 e. The first kappa shape index (κ1) is 20.4. The minimum Gasteiger partial charge on any atom is -0.489 e. The number of ether oxygens (including phenoxy) is 1. The van der Waals surface area contributed by atoms with Gasteiger partial charge in [-0.15, -0.1) is 0 Å². The molecule has 150 valence electrons. The van der Waals surface area contributed by atoms with E-state index in [1.54, 1.807) is 18.2 Å². The average Bonchev–Trinajstić information content (AvgIpc) is 2.75. The third-order valence-corrected chi connectivity index (χ3v) is 4.46. The molecule has 0 aliphatic heterocycles. The number of benzene rings is 3. The first-order valence-electron chi connectivity index (χ1n) is 9.71. The summed E-state index contributed by atoms with van der Waals surface area (Å²) in [5.74, 6) is 0.501. The minimum absolute atomic E-state index is 0.0587. The average molecular weight is 392 g/mol. The summed E-state index contributed by atoms with van der Waals surface area (Å²) in [4.78, 5) is 11.9. The lowest BCUT2D eigenvalue weighted by Gasteiger charge is -2.10. The fraction of sp³-hybridized carbons (Fsp3) is 0.208.